The zero-order chi connectivity index (χ0) is 16.9. The molecule has 0 radical (unpaired) electrons. The predicted molar refractivity (Wildman–Crippen MR) is 95.5 cm³/mol. The van der Waals surface area contributed by atoms with Gasteiger partial charge < -0.3 is 15.4 Å². The van der Waals surface area contributed by atoms with Gasteiger partial charge in [-0.2, -0.15) is 0 Å². The quantitative estimate of drug-likeness (QED) is 0.692. The van der Waals surface area contributed by atoms with Crippen molar-refractivity contribution in [2.45, 2.75) is 35.8 Å². The first-order valence-corrected chi connectivity index (χ1v) is 9.49. The summed E-state index contributed by atoms with van der Waals surface area (Å²) in [6.07, 6.45) is 3.53. The summed E-state index contributed by atoms with van der Waals surface area (Å²) in [7, 11) is 0. The number of thioether (sulfide) groups is 1. The van der Waals surface area contributed by atoms with E-state index in [4.69, 9.17) is 16.3 Å². The van der Waals surface area contributed by atoms with E-state index in [2.05, 4.69) is 10.6 Å². The van der Waals surface area contributed by atoms with Crippen LogP contribution in [0.5, 0.6) is 0 Å². The van der Waals surface area contributed by atoms with Gasteiger partial charge in [0.2, 0.25) is 11.8 Å². The molecular formula is C17H21ClN2O3S. The molecule has 1 atom stereocenters. The fourth-order valence-corrected chi connectivity index (χ4v) is 3.70. The van der Waals surface area contributed by atoms with Crippen LogP contribution in [0.1, 0.15) is 25.7 Å². The first-order valence-electron chi connectivity index (χ1n) is 8.23. The Morgan fingerprint density at radius 1 is 1.42 bits per heavy atom. The van der Waals surface area contributed by atoms with Crippen molar-refractivity contribution in [2.75, 3.05) is 25.1 Å². The van der Waals surface area contributed by atoms with Gasteiger partial charge in [0.05, 0.1) is 10.9 Å². The van der Waals surface area contributed by atoms with Gasteiger partial charge in [0.25, 0.3) is 0 Å². The van der Waals surface area contributed by atoms with Crippen LogP contribution in [0.15, 0.2) is 23.1 Å². The first kappa shape index (κ1) is 17.6. The number of amides is 2. The van der Waals surface area contributed by atoms with Crippen molar-refractivity contribution >= 4 is 40.9 Å². The average molecular weight is 369 g/mol. The molecule has 0 bridgehead atoms. The van der Waals surface area contributed by atoms with Crippen LogP contribution in [0.3, 0.4) is 0 Å². The number of rotatable bonds is 8. The van der Waals surface area contributed by atoms with E-state index >= 15 is 0 Å². The Balaban J connectivity index is 1.37. The number of hydrogen-bond donors (Lipinski definition) is 2. The van der Waals surface area contributed by atoms with Crippen LogP contribution in [0.4, 0.5) is 5.69 Å². The minimum atomic E-state index is -0.412. The van der Waals surface area contributed by atoms with Crippen LogP contribution in [-0.2, 0) is 14.3 Å². The third-order valence-electron chi connectivity index (χ3n) is 3.97. The number of ether oxygens (including phenoxy) is 1. The van der Waals surface area contributed by atoms with Crippen molar-refractivity contribution in [3.63, 3.8) is 0 Å². The lowest BCUT2D eigenvalue weighted by atomic mass is 10.2. The lowest BCUT2D eigenvalue weighted by Gasteiger charge is -2.23. The molecule has 1 heterocycles. The largest absolute Gasteiger partial charge is 0.381 e. The molecule has 5 nitrogen and oxygen atoms in total. The van der Waals surface area contributed by atoms with Gasteiger partial charge >= 0.3 is 0 Å². The lowest BCUT2D eigenvalue weighted by molar-refractivity contribution is -0.124. The predicted octanol–water partition coefficient (Wildman–Crippen LogP) is 3.08. The number of carbonyl (C=O) groups is 2. The molecule has 1 saturated carbocycles. The van der Waals surface area contributed by atoms with E-state index in [1.807, 2.05) is 6.07 Å². The average Bonchev–Trinajstić information content (AvgIpc) is 3.36. The van der Waals surface area contributed by atoms with Crippen LogP contribution < -0.4 is 10.6 Å². The molecule has 3 rings (SSSR count). The fourth-order valence-electron chi connectivity index (χ4n) is 2.43. The number of anilines is 1. The van der Waals surface area contributed by atoms with Crippen LogP contribution in [0, 0.1) is 5.92 Å². The smallest absolute Gasteiger partial charge is 0.238 e. The molecule has 1 aromatic rings. The highest BCUT2D eigenvalue weighted by atomic mass is 35.5. The van der Waals surface area contributed by atoms with Gasteiger partial charge in [-0.3, -0.25) is 9.59 Å². The van der Waals surface area contributed by atoms with Gasteiger partial charge in [-0.25, -0.2) is 0 Å². The summed E-state index contributed by atoms with van der Waals surface area (Å²) in [5, 5.41) is 5.83. The number of benzene rings is 1. The van der Waals surface area contributed by atoms with Gasteiger partial charge in [0.15, 0.2) is 0 Å². The summed E-state index contributed by atoms with van der Waals surface area (Å²) < 4.78 is 5.52. The summed E-state index contributed by atoms with van der Waals surface area (Å²) in [4.78, 5) is 25.1. The van der Waals surface area contributed by atoms with E-state index in [-0.39, 0.29) is 18.2 Å². The second-order valence-corrected chi connectivity index (χ2v) is 7.84. The summed E-state index contributed by atoms with van der Waals surface area (Å²) in [5.74, 6) is 0.499. The molecule has 1 aliphatic carbocycles. The summed E-state index contributed by atoms with van der Waals surface area (Å²) in [6.45, 7) is 2.09. The van der Waals surface area contributed by atoms with Crippen molar-refractivity contribution in [2.24, 2.45) is 5.92 Å². The molecule has 2 N–H and O–H groups in total. The first-order chi connectivity index (χ1) is 11.6. The molecule has 2 amide bonds. The Morgan fingerprint density at radius 3 is 3.04 bits per heavy atom. The minimum absolute atomic E-state index is 0.109. The highest BCUT2D eigenvalue weighted by molar-refractivity contribution is 8.01. The molecule has 7 heteroatoms. The SMILES string of the molecule is O=C(CC1Sc2ccc(Cl)cc2NC1=O)NCCCOCC1CC1. The van der Waals surface area contributed by atoms with Crippen molar-refractivity contribution < 1.29 is 14.3 Å². The van der Waals surface area contributed by atoms with Crippen LogP contribution in [0.25, 0.3) is 0 Å². The zero-order valence-electron chi connectivity index (χ0n) is 13.3. The minimum Gasteiger partial charge on any atom is -0.381 e. The maximum Gasteiger partial charge on any atom is 0.238 e. The molecule has 24 heavy (non-hydrogen) atoms. The highest BCUT2D eigenvalue weighted by Crippen LogP contribution is 2.38. The molecule has 1 unspecified atom stereocenters. The molecule has 1 fully saturated rings. The van der Waals surface area contributed by atoms with Crippen LogP contribution in [0.2, 0.25) is 5.02 Å². The van der Waals surface area contributed by atoms with Gasteiger partial charge in [-0.05, 0) is 43.4 Å². The van der Waals surface area contributed by atoms with Gasteiger partial charge in [-0.15, -0.1) is 11.8 Å². The fraction of sp³-hybridized carbons (Fsp3) is 0.529. The Morgan fingerprint density at radius 2 is 2.25 bits per heavy atom. The van der Waals surface area contributed by atoms with E-state index in [1.165, 1.54) is 24.6 Å². The molecular weight excluding hydrogens is 348 g/mol. The van der Waals surface area contributed by atoms with E-state index < -0.39 is 5.25 Å². The van der Waals surface area contributed by atoms with E-state index in [1.54, 1.807) is 12.1 Å². The molecule has 2 aliphatic rings. The molecule has 0 saturated heterocycles. The van der Waals surface area contributed by atoms with Crippen molar-refractivity contribution in [3.05, 3.63) is 23.2 Å². The van der Waals surface area contributed by atoms with E-state index in [9.17, 15) is 9.59 Å². The molecule has 130 valence electrons. The number of nitrogens with one attached hydrogen (secondary N) is 2. The Labute approximate surface area is 150 Å². The lowest BCUT2D eigenvalue weighted by Crippen LogP contribution is -2.35. The molecule has 1 aromatic carbocycles. The molecule has 0 aromatic heterocycles. The Bertz CT molecular complexity index is 622. The molecule has 0 spiro atoms. The van der Waals surface area contributed by atoms with Gasteiger partial charge in [0.1, 0.15) is 0 Å². The number of fused-ring (bicyclic) bond motifs is 1. The van der Waals surface area contributed by atoms with E-state index in [0.29, 0.717) is 23.9 Å². The number of carbonyl (C=O) groups excluding carboxylic acids is 2. The van der Waals surface area contributed by atoms with Crippen LogP contribution >= 0.6 is 23.4 Å². The maximum atomic E-state index is 12.1. The molecule has 1 aliphatic heterocycles. The number of halogens is 1. The second-order valence-electron chi connectivity index (χ2n) is 6.16. The number of hydrogen-bond acceptors (Lipinski definition) is 4. The van der Waals surface area contributed by atoms with Crippen molar-refractivity contribution in [1.29, 1.82) is 0 Å². The normalized spacial score (nSPS) is 19.5. The topological polar surface area (TPSA) is 67.4 Å². The van der Waals surface area contributed by atoms with Crippen molar-refractivity contribution in [3.8, 4) is 0 Å². The van der Waals surface area contributed by atoms with Crippen molar-refractivity contribution in [1.82, 2.24) is 5.32 Å². The summed E-state index contributed by atoms with van der Waals surface area (Å²) in [5.41, 5.74) is 0.710. The summed E-state index contributed by atoms with van der Waals surface area (Å²) >= 11 is 7.33. The van der Waals surface area contributed by atoms with Gasteiger partial charge in [0, 0.05) is 36.1 Å². The monoisotopic (exact) mass is 368 g/mol. The third-order valence-corrected chi connectivity index (χ3v) is 5.48. The third kappa shape index (κ3) is 5.13. The van der Waals surface area contributed by atoms with Gasteiger partial charge in [-0.1, -0.05) is 11.6 Å². The van der Waals surface area contributed by atoms with Crippen LogP contribution in [-0.4, -0.2) is 36.8 Å². The van der Waals surface area contributed by atoms with E-state index in [0.717, 1.165) is 23.8 Å². The zero-order valence-corrected chi connectivity index (χ0v) is 14.9. The maximum absolute atomic E-state index is 12.1. The standard InChI is InChI=1S/C17H21ClN2O3S/c18-12-4-5-14-13(8-12)20-17(22)15(24-14)9-16(21)19-6-1-7-23-10-11-2-3-11/h4-5,8,11,15H,1-3,6-7,9-10H2,(H,19,21)(H,20,22). The Kier molecular flexibility index (Phi) is 6.03. The Hall–Kier alpha value is -1.24. The second kappa shape index (κ2) is 8.23. The summed E-state index contributed by atoms with van der Waals surface area (Å²) in [6, 6.07) is 5.37. The highest BCUT2D eigenvalue weighted by Gasteiger charge is 2.29.